The lowest BCUT2D eigenvalue weighted by molar-refractivity contribution is -0.576. The van der Waals surface area contributed by atoms with Gasteiger partial charge in [-0.2, -0.15) is 9.67 Å². The molecule has 0 saturated heterocycles. The summed E-state index contributed by atoms with van der Waals surface area (Å²) in [5.74, 6) is -1.07. The number of halogens is 1. The zero-order valence-corrected chi connectivity index (χ0v) is 20.3. The quantitative estimate of drug-likeness (QED) is 0.299. The highest BCUT2D eigenvalue weighted by molar-refractivity contribution is 6.53. The van der Waals surface area contributed by atoms with Gasteiger partial charge >= 0.3 is 5.91 Å². The molecule has 0 radical (unpaired) electrons. The van der Waals surface area contributed by atoms with E-state index in [0.717, 1.165) is 4.90 Å². The monoisotopic (exact) mass is 500 g/mol. The first-order chi connectivity index (χ1) is 17.4. The highest BCUT2D eigenvalue weighted by atomic mass is 35.5. The molecule has 2 aromatic carbocycles. The molecule has 2 amide bonds. The average molecular weight is 501 g/mol. The SMILES string of the molecule is CCc1nn(-c2cccc(Cl)c2)c([O-])c1C1=C([n+]2ccccc2)C(=O)N(c2ccc(OC)cc2)C1=O. The van der Waals surface area contributed by atoms with E-state index in [2.05, 4.69) is 5.10 Å². The maximum Gasteiger partial charge on any atom is 0.331 e. The van der Waals surface area contributed by atoms with E-state index in [9.17, 15) is 14.7 Å². The fourth-order valence-electron chi connectivity index (χ4n) is 4.22. The zero-order chi connectivity index (χ0) is 25.4. The van der Waals surface area contributed by atoms with E-state index < -0.39 is 17.7 Å². The second-order valence-corrected chi connectivity index (χ2v) is 8.46. The standard InChI is InChI=1S/C27H21ClN4O4/c1-3-21-22(26(34)32(29-21)19-9-7-8-17(28)16-19)23-24(30-14-5-4-6-15-30)27(35)31(25(23)33)18-10-12-20(36-2)13-11-18/h4-16H,3H2,1-2H3. The molecule has 2 aromatic heterocycles. The molecular weight excluding hydrogens is 480 g/mol. The van der Waals surface area contributed by atoms with E-state index in [0.29, 0.717) is 34.3 Å². The van der Waals surface area contributed by atoms with Crippen molar-refractivity contribution in [2.45, 2.75) is 13.3 Å². The van der Waals surface area contributed by atoms with Gasteiger partial charge in [0.2, 0.25) is 0 Å². The number of hydrogen-bond acceptors (Lipinski definition) is 5. The van der Waals surface area contributed by atoms with Gasteiger partial charge in [0.25, 0.3) is 11.6 Å². The molecule has 0 aliphatic carbocycles. The molecule has 0 unspecified atom stereocenters. The van der Waals surface area contributed by atoms with E-state index in [-0.39, 0.29) is 16.8 Å². The summed E-state index contributed by atoms with van der Waals surface area (Å²) in [7, 11) is 1.53. The van der Waals surface area contributed by atoms with Gasteiger partial charge in [0.15, 0.2) is 12.4 Å². The summed E-state index contributed by atoms with van der Waals surface area (Å²) < 4.78 is 7.97. The number of pyridine rings is 1. The first-order valence-corrected chi connectivity index (χ1v) is 11.6. The third-order valence-electron chi connectivity index (χ3n) is 5.92. The van der Waals surface area contributed by atoms with Crippen molar-refractivity contribution in [3.8, 4) is 17.3 Å². The van der Waals surface area contributed by atoms with Gasteiger partial charge in [-0.3, -0.25) is 9.59 Å². The number of carbonyl (C=O) groups is 2. The lowest BCUT2D eigenvalue weighted by atomic mass is 10.0. The zero-order valence-electron chi connectivity index (χ0n) is 19.5. The van der Waals surface area contributed by atoms with Gasteiger partial charge in [-0.25, -0.2) is 9.58 Å². The third kappa shape index (κ3) is 3.81. The van der Waals surface area contributed by atoms with Crippen LogP contribution in [0.15, 0.2) is 79.1 Å². The number of imide groups is 1. The van der Waals surface area contributed by atoms with Crippen LogP contribution in [0, 0.1) is 0 Å². The van der Waals surface area contributed by atoms with Gasteiger partial charge in [-0.1, -0.05) is 30.7 Å². The largest absolute Gasteiger partial charge is 0.858 e. The van der Waals surface area contributed by atoms with E-state index in [1.165, 1.54) is 11.8 Å². The number of rotatable bonds is 6. The number of aromatic nitrogens is 3. The van der Waals surface area contributed by atoms with Crippen molar-refractivity contribution in [2.24, 2.45) is 0 Å². The highest BCUT2D eigenvalue weighted by Crippen LogP contribution is 2.39. The van der Waals surface area contributed by atoms with E-state index in [4.69, 9.17) is 16.3 Å². The lowest BCUT2D eigenvalue weighted by Crippen LogP contribution is -2.39. The molecule has 8 nitrogen and oxygen atoms in total. The molecule has 1 aliphatic rings. The summed E-state index contributed by atoms with van der Waals surface area (Å²) in [6.45, 7) is 1.84. The van der Waals surface area contributed by atoms with E-state index >= 15 is 0 Å². The molecule has 0 spiro atoms. The summed E-state index contributed by atoms with van der Waals surface area (Å²) in [6.07, 6.45) is 3.70. The summed E-state index contributed by atoms with van der Waals surface area (Å²) in [5, 5.41) is 18.7. The molecule has 0 fully saturated rings. The Morgan fingerprint density at radius 3 is 2.33 bits per heavy atom. The Kier molecular flexibility index (Phi) is 6.03. The minimum absolute atomic E-state index is 0.00199. The van der Waals surface area contributed by atoms with Crippen LogP contribution < -0.4 is 19.3 Å². The first kappa shape index (κ1) is 23.3. The van der Waals surface area contributed by atoms with Crippen molar-refractivity contribution >= 4 is 40.4 Å². The van der Waals surface area contributed by atoms with Gasteiger partial charge < -0.3 is 9.84 Å². The van der Waals surface area contributed by atoms with Crippen molar-refractivity contribution in [1.29, 1.82) is 0 Å². The molecule has 0 atom stereocenters. The number of benzene rings is 2. The molecular formula is C27H21ClN4O4. The van der Waals surface area contributed by atoms with Crippen LogP contribution in [-0.2, 0) is 16.0 Å². The molecule has 3 heterocycles. The molecule has 5 rings (SSSR count). The minimum Gasteiger partial charge on any atom is -0.858 e. The Hall–Kier alpha value is -4.43. The van der Waals surface area contributed by atoms with E-state index in [1.54, 1.807) is 83.7 Å². The maximum atomic E-state index is 13.9. The van der Waals surface area contributed by atoms with Gasteiger partial charge in [-0.15, -0.1) is 0 Å². The Balaban J connectivity index is 1.73. The van der Waals surface area contributed by atoms with Gasteiger partial charge in [0, 0.05) is 22.7 Å². The molecule has 4 aromatic rings. The van der Waals surface area contributed by atoms with Crippen LogP contribution >= 0.6 is 11.6 Å². The number of hydrogen-bond donors (Lipinski definition) is 0. The number of amides is 2. The van der Waals surface area contributed by atoms with Crippen molar-refractivity contribution in [1.82, 2.24) is 9.78 Å². The highest BCUT2D eigenvalue weighted by Gasteiger charge is 2.47. The predicted molar refractivity (Wildman–Crippen MR) is 133 cm³/mol. The number of carbonyl (C=O) groups excluding carboxylic acids is 2. The Morgan fingerprint density at radius 1 is 0.972 bits per heavy atom. The summed E-state index contributed by atoms with van der Waals surface area (Å²) in [4.78, 5) is 28.7. The van der Waals surface area contributed by atoms with Crippen LogP contribution in [0.2, 0.25) is 5.02 Å². The molecule has 0 saturated carbocycles. The molecule has 180 valence electrons. The Morgan fingerprint density at radius 2 is 1.69 bits per heavy atom. The van der Waals surface area contributed by atoms with Crippen LogP contribution in [-0.4, -0.2) is 28.7 Å². The minimum atomic E-state index is -0.603. The van der Waals surface area contributed by atoms with Gasteiger partial charge in [0.1, 0.15) is 11.3 Å². The molecule has 9 heteroatoms. The van der Waals surface area contributed by atoms with Gasteiger partial charge in [-0.05, 0) is 54.8 Å². The Bertz CT molecular complexity index is 1510. The molecule has 36 heavy (non-hydrogen) atoms. The van der Waals surface area contributed by atoms with Crippen LogP contribution in [0.5, 0.6) is 11.6 Å². The lowest BCUT2D eigenvalue weighted by Gasteiger charge is -2.16. The van der Waals surface area contributed by atoms with Crippen LogP contribution in [0.3, 0.4) is 0 Å². The second kappa shape index (κ2) is 9.31. The maximum absolute atomic E-state index is 13.9. The Labute approximate surface area is 212 Å². The average Bonchev–Trinajstić information content (AvgIpc) is 3.36. The number of nitrogens with zero attached hydrogens (tertiary/aromatic N) is 4. The van der Waals surface area contributed by atoms with Crippen LogP contribution in [0.1, 0.15) is 18.2 Å². The predicted octanol–water partition coefficient (Wildman–Crippen LogP) is 3.40. The summed E-state index contributed by atoms with van der Waals surface area (Å²) >= 11 is 6.14. The number of anilines is 1. The number of aryl methyl sites for hydroxylation is 1. The number of ether oxygens (including phenoxy) is 1. The topological polar surface area (TPSA) is 91.4 Å². The second-order valence-electron chi connectivity index (χ2n) is 8.02. The van der Waals surface area contributed by atoms with Crippen molar-refractivity contribution in [2.75, 3.05) is 12.0 Å². The third-order valence-corrected chi connectivity index (χ3v) is 6.15. The molecule has 1 aliphatic heterocycles. The summed E-state index contributed by atoms with van der Waals surface area (Å²) in [5.41, 5.74) is 1.41. The van der Waals surface area contributed by atoms with E-state index in [1.807, 2.05) is 6.92 Å². The normalized spacial score (nSPS) is 13.6. The smallest absolute Gasteiger partial charge is 0.331 e. The van der Waals surface area contributed by atoms with Crippen LogP contribution in [0.4, 0.5) is 5.69 Å². The van der Waals surface area contributed by atoms with Crippen LogP contribution in [0.25, 0.3) is 17.0 Å². The fourth-order valence-corrected chi connectivity index (χ4v) is 4.41. The summed E-state index contributed by atoms with van der Waals surface area (Å²) in [6, 6.07) is 18.6. The first-order valence-electron chi connectivity index (χ1n) is 11.2. The van der Waals surface area contributed by atoms with Crippen molar-refractivity contribution in [3.63, 3.8) is 0 Å². The fraction of sp³-hybridized carbons (Fsp3) is 0.111. The molecule has 0 N–H and O–H groups in total. The van der Waals surface area contributed by atoms with Gasteiger partial charge in [0.05, 0.1) is 24.2 Å². The number of methoxy groups -OCH3 is 1. The van der Waals surface area contributed by atoms with Crippen molar-refractivity contribution in [3.05, 3.63) is 95.4 Å². The molecule has 0 bridgehead atoms. The van der Waals surface area contributed by atoms with Crippen molar-refractivity contribution < 1.29 is 24.0 Å².